The van der Waals surface area contributed by atoms with Crippen molar-refractivity contribution >= 4 is 0 Å². The van der Waals surface area contributed by atoms with E-state index in [1.165, 1.54) is 49.9 Å². The molecule has 26 heavy (non-hydrogen) atoms. The molecule has 2 aliphatic rings. The van der Waals surface area contributed by atoms with E-state index in [1.807, 2.05) is 6.07 Å². The third kappa shape index (κ3) is 4.05. The van der Waals surface area contributed by atoms with E-state index in [0.717, 1.165) is 24.5 Å². The normalized spacial score (nSPS) is 19.8. The summed E-state index contributed by atoms with van der Waals surface area (Å²) in [5, 5.41) is 0. The SMILES string of the molecule is CN(CCOc1ccc2c(c1)CCC2N1CCCC1)Cc1ccncn1. The van der Waals surface area contributed by atoms with Crippen LogP contribution in [0.1, 0.15) is 42.1 Å². The molecule has 138 valence electrons. The molecule has 1 aliphatic heterocycles. The average molecular weight is 352 g/mol. The molecule has 1 aliphatic carbocycles. The number of likely N-dealkylation sites (N-methyl/N-ethyl adjacent to an activating group) is 1. The molecule has 0 amide bonds. The highest BCUT2D eigenvalue weighted by molar-refractivity contribution is 5.40. The molecule has 5 nitrogen and oxygen atoms in total. The van der Waals surface area contributed by atoms with Gasteiger partial charge in [0.2, 0.25) is 0 Å². The summed E-state index contributed by atoms with van der Waals surface area (Å²) in [6, 6.07) is 9.30. The van der Waals surface area contributed by atoms with Crippen LogP contribution in [-0.2, 0) is 13.0 Å². The molecule has 1 unspecified atom stereocenters. The van der Waals surface area contributed by atoms with Gasteiger partial charge in [0.1, 0.15) is 18.7 Å². The van der Waals surface area contributed by atoms with Crippen molar-refractivity contribution in [1.29, 1.82) is 0 Å². The van der Waals surface area contributed by atoms with Crippen molar-refractivity contribution in [2.75, 3.05) is 33.3 Å². The number of fused-ring (bicyclic) bond motifs is 1. The standard InChI is InChI=1S/C21H28N4O/c1-24(15-18-8-9-22-16-23-18)12-13-26-19-5-6-20-17(14-19)4-7-21(20)25-10-2-3-11-25/h5-6,8-9,14,16,21H,2-4,7,10-13,15H2,1H3. The van der Waals surface area contributed by atoms with E-state index >= 15 is 0 Å². The fraction of sp³-hybridized carbons (Fsp3) is 0.524. The Hall–Kier alpha value is -1.98. The Labute approximate surface area is 156 Å². The van der Waals surface area contributed by atoms with Crippen molar-refractivity contribution in [3.05, 3.63) is 53.6 Å². The summed E-state index contributed by atoms with van der Waals surface area (Å²) in [6.07, 6.45) is 8.54. The summed E-state index contributed by atoms with van der Waals surface area (Å²) in [6.45, 7) is 4.91. The van der Waals surface area contributed by atoms with Crippen LogP contribution in [0, 0.1) is 0 Å². The predicted octanol–water partition coefficient (Wildman–Crippen LogP) is 3.07. The molecule has 1 fully saturated rings. The second-order valence-corrected chi connectivity index (χ2v) is 7.45. The zero-order chi connectivity index (χ0) is 17.8. The molecule has 5 heteroatoms. The van der Waals surface area contributed by atoms with Gasteiger partial charge in [-0.05, 0) is 75.1 Å². The third-order valence-electron chi connectivity index (χ3n) is 5.56. The minimum absolute atomic E-state index is 0.639. The molecule has 0 bridgehead atoms. The van der Waals surface area contributed by atoms with Crippen molar-refractivity contribution < 1.29 is 4.74 Å². The number of hydrogen-bond donors (Lipinski definition) is 0. The van der Waals surface area contributed by atoms with Gasteiger partial charge in [0.25, 0.3) is 0 Å². The largest absolute Gasteiger partial charge is 0.492 e. The second kappa shape index (κ2) is 8.14. The number of benzene rings is 1. The van der Waals surface area contributed by atoms with Gasteiger partial charge in [0.15, 0.2) is 0 Å². The predicted molar refractivity (Wildman–Crippen MR) is 102 cm³/mol. The summed E-state index contributed by atoms with van der Waals surface area (Å²) in [5.41, 5.74) is 4.04. The molecule has 1 aromatic heterocycles. The van der Waals surface area contributed by atoms with Gasteiger partial charge >= 0.3 is 0 Å². The number of hydrogen-bond acceptors (Lipinski definition) is 5. The minimum Gasteiger partial charge on any atom is -0.492 e. The number of nitrogens with zero attached hydrogens (tertiary/aromatic N) is 4. The second-order valence-electron chi connectivity index (χ2n) is 7.45. The van der Waals surface area contributed by atoms with Crippen molar-refractivity contribution in [1.82, 2.24) is 19.8 Å². The summed E-state index contributed by atoms with van der Waals surface area (Å²) in [7, 11) is 2.09. The lowest BCUT2D eigenvalue weighted by Crippen LogP contribution is -2.24. The van der Waals surface area contributed by atoms with Crippen LogP contribution in [0.2, 0.25) is 0 Å². The fourth-order valence-corrected chi connectivity index (χ4v) is 4.18. The maximum absolute atomic E-state index is 6.01. The van der Waals surface area contributed by atoms with Crippen LogP contribution in [-0.4, -0.2) is 53.1 Å². The van der Waals surface area contributed by atoms with E-state index in [2.05, 4.69) is 45.0 Å². The summed E-state index contributed by atoms with van der Waals surface area (Å²) < 4.78 is 6.01. The van der Waals surface area contributed by atoms with Crippen LogP contribution >= 0.6 is 0 Å². The van der Waals surface area contributed by atoms with Crippen LogP contribution in [0.4, 0.5) is 0 Å². The van der Waals surface area contributed by atoms with E-state index in [4.69, 9.17) is 4.74 Å². The minimum atomic E-state index is 0.639. The smallest absolute Gasteiger partial charge is 0.119 e. The van der Waals surface area contributed by atoms with Gasteiger partial charge in [0.05, 0.1) is 5.69 Å². The van der Waals surface area contributed by atoms with Gasteiger partial charge in [-0.25, -0.2) is 9.97 Å². The van der Waals surface area contributed by atoms with Crippen LogP contribution < -0.4 is 4.74 Å². The van der Waals surface area contributed by atoms with Crippen LogP contribution in [0.3, 0.4) is 0 Å². The number of aryl methyl sites for hydroxylation is 1. The highest BCUT2D eigenvalue weighted by Crippen LogP contribution is 2.38. The Morgan fingerprint density at radius 3 is 2.92 bits per heavy atom. The number of ether oxygens (including phenoxy) is 1. The van der Waals surface area contributed by atoms with Crippen molar-refractivity contribution in [3.8, 4) is 5.75 Å². The first-order valence-corrected chi connectivity index (χ1v) is 9.73. The zero-order valence-corrected chi connectivity index (χ0v) is 15.6. The Morgan fingerprint density at radius 1 is 1.23 bits per heavy atom. The van der Waals surface area contributed by atoms with Crippen LogP contribution in [0.25, 0.3) is 0 Å². The third-order valence-corrected chi connectivity index (χ3v) is 5.56. The number of likely N-dealkylation sites (tertiary alicyclic amines) is 1. The van der Waals surface area contributed by atoms with Gasteiger partial charge in [-0.3, -0.25) is 9.80 Å². The molecule has 2 heterocycles. The molecule has 1 saturated heterocycles. The van der Waals surface area contributed by atoms with Crippen LogP contribution in [0.5, 0.6) is 5.75 Å². The van der Waals surface area contributed by atoms with E-state index in [9.17, 15) is 0 Å². The monoisotopic (exact) mass is 352 g/mol. The topological polar surface area (TPSA) is 41.5 Å². The first-order valence-electron chi connectivity index (χ1n) is 9.73. The van der Waals surface area contributed by atoms with E-state index in [0.29, 0.717) is 12.6 Å². The maximum atomic E-state index is 6.01. The number of aromatic nitrogens is 2. The molecule has 2 aromatic rings. The fourth-order valence-electron chi connectivity index (χ4n) is 4.18. The molecule has 1 aromatic carbocycles. The van der Waals surface area contributed by atoms with Crippen molar-refractivity contribution in [2.24, 2.45) is 0 Å². The zero-order valence-electron chi connectivity index (χ0n) is 15.6. The van der Waals surface area contributed by atoms with Crippen molar-refractivity contribution in [2.45, 2.75) is 38.3 Å². The lowest BCUT2D eigenvalue weighted by atomic mass is 10.1. The highest BCUT2D eigenvalue weighted by atomic mass is 16.5. The molecule has 0 N–H and O–H groups in total. The summed E-state index contributed by atoms with van der Waals surface area (Å²) >= 11 is 0. The Bertz CT molecular complexity index is 715. The van der Waals surface area contributed by atoms with E-state index < -0.39 is 0 Å². The molecular formula is C21H28N4O. The van der Waals surface area contributed by atoms with E-state index in [-0.39, 0.29) is 0 Å². The van der Waals surface area contributed by atoms with Gasteiger partial charge in [-0.15, -0.1) is 0 Å². The van der Waals surface area contributed by atoms with Gasteiger partial charge in [-0.2, -0.15) is 0 Å². The first kappa shape index (κ1) is 17.4. The van der Waals surface area contributed by atoms with Crippen molar-refractivity contribution in [3.63, 3.8) is 0 Å². The highest BCUT2D eigenvalue weighted by Gasteiger charge is 2.29. The Morgan fingerprint density at radius 2 is 2.12 bits per heavy atom. The molecule has 1 atom stereocenters. The molecule has 0 spiro atoms. The lowest BCUT2D eigenvalue weighted by Gasteiger charge is -2.24. The average Bonchev–Trinajstić information content (AvgIpc) is 3.31. The number of rotatable bonds is 7. The summed E-state index contributed by atoms with van der Waals surface area (Å²) in [4.78, 5) is 13.1. The molecular weight excluding hydrogens is 324 g/mol. The molecule has 0 radical (unpaired) electrons. The maximum Gasteiger partial charge on any atom is 0.119 e. The van der Waals surface area contributed by atoms with Crippen LogP contribution in [0.15, 0.2) is 36.8 Å². The Balaban J connectivity index is 1.28. The van der Waals surface area contributed by atoms with Gasteiger partial charge in [-0.1, -0.05) is 6.07 Å². The molecule has 0 saturated carbocycles. The van der Waals surface area contributed by atoms with Gasteiger partial charge in [0, 0.05) is 25.3 Å². The Kier molecular flexibility index (Phi) is 5.46. The molecule has 4 rings (SSSR count). The quantitative estimate of drug-likeness (QED) is 0.766. The lowest BCUT2D eigenvalue weighted by molar-refractivity contribution is 0.231. The van der Waals surface area contributed by atoms with E-state index in [1.54, 1.807) is 12.5 Å². The first-order chi connectivity index (χ1) is 12.8. The summed E-state index contributed by atoms with van der Waals surface area (Å²) in [5.74, 6) is 1.00. The van der Waals surface area contributed by atoms with Gasteiger partial charge < -0.3 is 4.74 Å².